The molecule has 0 heterocycles. The monoisotopic (exact) mass is 274 g/mol. The number of benzene rings is 1. The SMILES string of the molecule is COC(C)(C)CC(Cc1ccc(Cl)c(F)c1)NN. The summed E-state index contributed by atoms with van der Waals surface area (Å²) < 4.78 is 18.7. The molecular formula is C13H20ClFN2O. The number of nitrogens with two attached hydrogens (primary N) is 1. The van der Waals surface area contributed by atoms with E-state index in [1.807, 2.05) is 13.8 Å². The average Bonchev–Trinajstić information content (AvgIpc) is 2.33. The summed E-state index contributed by atoms with van der Waals surface area (Å²) >= 11 is 5.64. The molecule has 0 aliphatic rings. The first-order valence-corrected chi connectivity index (χ1v) is 6.21. The van der Waals surface area contributed by atoms with Crippen molar-refractivity contribution >= 4 is 11.6 Å². The van der Waals surface area contributed by atoms with Gasteiger partial charge in [0.1, 0.15) is 5.82 Å². The zero-order valence-electron chi connectivity index (χ0n) is 11.0. The highest BCUT2D eigenvalue weighted by Crippen LogP contribution is 2.20. The van der Waals surface area contributed by atoms with Gasteiger partial charge in [-0.25, -0.2) is 4.39 Å². The maximum Gasteiger partial charge on any atom is 0.142 e. The van der Waals surface area contributed by atoms with Crippen LogP contribution in [0.3, 0.4) is 0 Å². The Balaban J connectivity index is 2.71. The molecule has 102 valence electrons. The molecule has 0 bridgehead atoms. The third-order valence-corrected chi connectivity index (χ3v) is 3.30. The molecule has 0 radical (unpaired) electrons. The predicted octanol–water partition coefficient (Wildman–Crippen LogP) is 2.67. The molecule has 0 spiro atoms. The second-order valence-corrected chi connectivity index (χ2v) is 5.39. The molecule has 0 aliphatic carbocycles. The van der Waals surface area contributed by atoms with Crippen LogP contribution in [0.2, 0.25) is 5.02 Å². The van der Waals surface area contributed by atoms with E-state index < -0.39 is 5.82 Å². The molecule has 0 saturated carbocycles. The second kappa shape index (κ2) is 6.48. The summed E-state index contributed by atoms with van der Waals surface area (Å²) in [6, 6.07) is 4.81. The predicted molar refractivity (Wildman–Crippen MR) is 71.9 cm³/mol. The van der Waals surface area contributed by atoms with Crippen molar-refractivity contribution in [2.75, 3.05) is 7.11 Å². The molecule has 1 aromatic carbocycles. The molecule has 1 rings (SSSR count). The summed E-state index contributed by atoms with van der Waals surface area (Å²) in [5.41, 5.74) is 3.32. The van der Waals surface area contributed by atoms with Crippen molar-refractivity contribution in [3.8, 4) is 0 Å². The zero-order valence-corrected chi connectivity index (χ0v) is 11.7. The highest BCUT2D eigenvalue weighted by molar-refractivity contribution is 6.30. The molecule has 0 aliphatic heterocycles. The minimum Gasteiger partial charge on any atom is -0.379 e. The van der Waals surface area contributed by atoms with Gasteiger partial charge in [0, 0.05) is 13.2 Å². The molecule has 0 fully saturated rings. The summed E-state index contributed by atoms with van der Waals surface area (Å²) in [4.78, 5) is 0. The minimum atomic E-state index is -0.407. The first-order chi connectivity index (χ1) is 8.38. The third-order valence-electron chi connectivity index (χ3n) is 2.99. The van der Waals surface area contributed by atoms with Crippen molar-refractivity contribution in [2.45, 2.75) is 38.3 Å². The Morgan fingerprint density at radius 2 is 2.17 bits per heavy atom. The van der Waals surface area contributed by atoms with Gasteiger partial charge in [0.2, 0.25) is 0 Å². The zero-order chi connectivity index (χ0) is 13.8. The summed E-state index contributed by atoms with van der Waals surface area (Å²) in [6.07, 6.45) is 1.35. The molecule has 5 heteroatoms. The van der Waals surface area contributed by atoms with Crippen molar-refractivity contribution in [1.82, 2.24) is 5.43 Å². The molecule has 1 unspecified atom stereocenters. The Morgan fingerprint density at radius 3 is 2.67 bits per heavy atom. The largest absolute Gasteiger partial charge is 0.379 e. The third kappa shape index (κ3) is 4.53. The van der Waals surface area contributed by atoms with Gasteiger partial charge in [0.15, 0.2) is 0 Å². The molecule has 1 atom stereocenters. The Labute approximate surface area is 112 Å². The Kier molecular flexibility index (Phi) is 5.53. The Hall–Kier alpha value is -0.680. The van der Waals surface area contributed by atoms with Crippen LogP contribution in [0, 0.1) is 5.82 Å². The number of hydrogen-bond donors (Lipinski definition) is 2. The van der Waals surface area contributed by atoms with Crippen molar-refractivity contribution in [3.63, 3.8) is 0 Å². The van der Waals surface area contributed by atoms with Gasteiger partial charge in [0.25, 0.3) is 0 Å². The highest BCUT2D eigenvalue weighted by Gasteiger charge is 2.22. The molecule has 3 nitrogen and oxygen atoms in total. The van der Waals surface area contributed by atoms with Crippen molar-refractivity contribution < 1.29 is 9.13 Å². The van der Waals surface area contributed by atoms with E-state index in [0.29, 0.717) is 6.42 Å². The van der Waals surface area contributed by atoms with Crippen LogP contribution in [0.25, 0.3) is 0 Å². The molecule has 18 heavy (non-hydrogen) atoms. The maximum absolute atomic E-state index is 13.3. The lowest BCUT2D eigenvalue weighted by atomic mass is 9.94. The first-order valence-electron chi connectivity index (χ1n) is 5.83. The van der Waals surface area contributed by atoms with E-state index in [4.69, 9.17) is 22.2 Å². The number of rotatable bonds is 6. The fourth-order valence-corrected chi connectivity index (χ4v) is 1.94. The molecule has 0 saturated heterocycles. The van der Waals surface area contributed by atoms with Crippen LogP contribution in [-0.2, 0) is 11.2 Å². The topological polar surface area (TPSA) is 47.3 Å². The standard InChI is InChI=1S/C13H20ClFN2O/c1-13(2,18-3)8-10(17-16)6-9-4-5-11(14)12(15)7-9/h4-5,7,10,17H,6,8,16H2,1-3H3. The van der Waals surface area contributed by atoms with E-state index in [1.54, 1.807) is 19.2 Å². The van der Waals surface area contributed by atoms with Crippen LogP contribution in [0.5, 0.6) is 0 Å². The summed E-state index contributed by atoms with van der Waals surface area (Å²) in [7, 11) is 1.66. The van der Waals surface area contributed by atoms with Crippen LogP contribution in [0.1, 0.15) is 25.8 Å². The van der Waals surface area contributed by atoms with Crippen LogP contribution >= 0.6 is 11.6 Å². The van der Waals surface area contributed by atoms with Crippen LogP contribution < -0.4 is 11.3 Å². The Morgan fingerprint density at radius 1 is 1.50 bits per heavy atom. The number of methoxy groups -OCH3 is 1. The molecular weight excluding hydrogens is 255 g/mol. The van der Waals surface area contributed by atoms with E-state index in [2.05, 4.69) is 5.43 Å². The van der Waals surface area contributed by atoms with Gasteiger partial charge < -0.3 is 4.74 Å². The van der Waals surface area contributed by atoms with Gasteiger partial charge in [0.05, 0.1) is 10.6 Å². The molecule has 1 aromatic rings. The quantitative estimate of drug-likeness (QED) is 0.619. The van der Waals surface area contributed by atoms with Gasteiger partial charge in [-0.05, 0) is 44.4 Å². The number of nitrogens with one attached hydrogen (secondary N) is 1. The highest BCUT2D eigenvalue weighted by atomic mass is 35.5. The van der Waals surface area contributed by atoms with Crippen molar-refractivity contribution in [3.05, 3.63) is 34.6 Å². The van der Waals surface area contributed by atoms with E-state index >= 15 is 0 Å². The first kappa shape index (κ1) is 15.4. The van der Waals surface area contributed by atoms with Crippen LogP contribution in [0.15, 0.2) is 18.2 Å². The van der Waals surface area contributed by atoms with Crippen molar-refractivity contribution in [1.29, 1.82) is 0 Å². The second-order valence-electron chi connectivity index (χ2n) is 4.98. The summed E-state index contributed by atoms with van der Waals surface area (Å²) in [5.74, 6) is 5.12. The number of hydrazine groups is 1. The summed E-state index contributed by atoms with van der Waals surface area (Å²) in [5, 5.41) is 0.133. The van der Waals surface area contributed by atoms with Gasteiger partial charge >= 0.3 is 0 Å². The average molecular weight is 275 g/mol. The van der Waals surface area contributed by atoms with Crippen LogP contribution in [-0.4, -0.2) is 18.8 Å². The van der Waals surface area contributed by atoms with E-state index in [9.17, 15) is 4.39 Å². The van der Waals surface area contributed by atoms with Crippen molar-refractivity contribution in [2.24, 2.45) is 5.84 Å². The lowest BCUT2D eigenvalue weighted by Crippen LogP contribution is -2.42. The van der Waals surface area contributed by atoms with Crippen LogP contribution in [0.4, 0.5) is 4.39 Å². The molecule has 0 amide bonds. The number of halogens is 2. The maximum atomic E-state index is 13.3. The number of hydrogen-bond acceptors (Lipinski definition) is 3. The van der Waals surface area contributed by atoms with Gasteiger partial charge in [-0.2, -0.15) is 0 Å². The van der Waals surface area contributed by atoms with Gasteiger partial charge in [-0.3, -0.25) is 11.3 Å². The molecule has 0 aromatic heterocycles. The lowest BCUT2D eigenvalue weighted by molar-refractivity contribution is 0.00710. The smallest absolute Gasteiger partial charge is 0.142 e. The Bertz CT molecular complexity index is 399. The van der Waals surface area contributed by atoms with E-state index in [1.165, 1.54) is 6.07 Å². The number of ether oxygens (including phenoxy) is 1. The summed E-state index contributed by atoms with van der Waals surface area (Å²) in [6.45, 7) is 3.97. The minimum absolute atomic E-state index is 0.0144. The lowest BCUT2D eigenvalue weighted by Gasteiger charge is -2.28. The fourth-order valence-electron chi connectivity index (χ4n) is 1.82. The van der Waals surface area contributed by atoms with E-state index in [0.717, 1.165) is 12.0 Å². The normalized spacial score (nSPS) is 13.7. The molecule has 3 N–H and O–H groups in total. The fraction of sp³-hybridized carbons (Fsp3) is 0.538. The van der Waals surface area contributed by atoms with Gasteiger partial charge in [-0.1, -0.05) is 17.7 Å². The van der Waals surface area contributed by atoms with E-state index in [-0.39, 0.29) is 16.7 Å². The van der Waals surface area contributed by atoms with Gasteiger partial charge in [-0.15, -0.1) is 0 Å².